The molecule has 0 radical (unpaired) electrons. The topological polar surface area (TPSA) is 15.3 Å². The van der Waals surface area contributed by atoms with Crippen molar-refractivity contribution >= 4 is 0 Å². The fourth-order valence-corrected chi connectivity index (χ4v) is 2.69. The molecule has 2 atom stereocenters. The number of rotatable bonds is 4. The van der Waals surface area contributed by atoms with E-state index in [1.165, 1.54) is 19.5 Å². The molecule has 0 aromatic rings. The minimum atomic E-state index is 0.672. The van der Waals surface area contributed by atoms with Crippen molar-refractivity contribution in [3.8, 4) is 0 Å². The molecule has 1 aliphatic heterocycles. The number of piperazine rings is 1. The Morgan fingerprint density at radius 2 is 1.75 bits per heavy atom. The van der Waals surface area contributed by atoms with Gasteiger partial charge in [0.25, 0.3) is 0 Å². The molecule has 2 heteroatoms. The second-order valence-corrected chi connectivity index (χ2v) is 6.33. The maximum absolute atomic E-state index is 3.72. The molecule has 0 spiro atoms. The first-order valence-electron chi connectivity index (χ1n) is 6.91. The van der Waals surface area contributed by atoms with Crippen molar-refractivity contribution in [2.24, 2.45) is 11.8 Å². The summed E-state index contributed by atoms with van der Waals surface area (Å²) in [6, 6.07) is 2.08. The lowest BCUT2D eigenvalue weighted by molar-refractivity contribution is 0.0714. The summed E-state index contributed by atoms with van der Waals surface area (Å²) in [5, 5.41) is 3.72. The van der Waals surface area contributed by atoms with Crippen molar-refractivity contribution in [1.29, 1.82) is 0 Å². The van der Waals surface area contributed by atoms with Crippen LogP contribution in [0.15, 0.2) is 0 Å². The van der Waals surface area contributed by atoms with Crippen LogP contribution in [0.3, 0.4) is 0 Å². The summed E-state index contributed by atoms with van der Waals surface area (Å²) in [6.45, 7) is 16.3. The van der Waals surface area contributed by atoms with E-state index >= 15 is 0 Å². The van der Waals surface area contributed by atoms with Gasteiger partial charge in [0.1, 0.15) is 0 Å². The van der Waals surface area contributed by atoms with E-state index in [4.69, 9.17) is 0 Å². The van der Waals surface area contributed by atoms with Crippen LogP contribution < -0.4 is 5.32 Å². The number of nitrogens with zero attached hydrogens (tertiary/aromatic N) is 1. The smallest absolute Gasteiger partial charge is 0.0226 e. The molecule has 96 valence electrons. The van der Waals surface area contributed by atoms with Crippen molar-refractivity contribution in [2.45, 2.75) is 66.1 Å². The Kier molecular flexibility index (Phi) is 5.26. The molecular formula is C14H30N2. The molecule has 0 amide bonds. The maximum Gasteiger partial charge on any atom is 0.0226 e. The van der Waals surface area contributed by atoms with Crippen LogP contribution in [-0.4, -0.2) is 36.1 Å². The van der Waals surface area contributed by atoms with Crippen LogP contribution in [-0.2, 0) is 0 Å². The van der Waals surface area contributed by atoms with Crippen LogP contribution in [0, 0.1) is 11.8 Å². The maximum atomic E-state index is 3.72. The molecule has 1 saturated heterocycles. The van der Waals surface area contributed by atoms with E-state index in [0.717, 1.165) is 17.9 Å². The van der Waals surface area contributed by atoms with Crippen molar-refractivity contribution < 1.29 is 0 Å². The summed E-state index contributed by atoms with van der Waals surface area (Å²) in [6.07, 6.45) is 1.32. The Bertz CT molecular complexity index is 199. The average Bonchev–Trinajstić information content (AvgIpc) is 2.16. The Morgan fingerprint density at radius 3 is 2.19 bits per heavy atom. The van der Waals surface area contributed by atoms with Crippen LogP contribution in [0.1, 0.15) is 48.0 Å². The molecule has 1 N–H and O–H groups in total. The third kappa shape index (κ3) is 3.74. The highest BCUT2D eigenvalue weighted by atomic mass is 15.2. The molecule has 0 saturated carbocycles. The molecule has 1 fully saturated rings. The fourth-order valence-electron chi connectivity index (χ4n) is 2.69. The van der Waals surface area contributed by atoms with Gasteiger partial charge in [-0.3, -0.25) is 4.90 Å². The highest BCUT2D eigenvalue weighted by Crippen LogP contribution is 2.20. The van der Waals surface area contributed by atoms with E-state index in [2.05, 4.69) is 51.8 Å². The van der Waals surface area contributed by atoms with Gasteiger partial charge in [0.2, 0.25) is 0 Å². The summed E-state index contributed by atoms with van der Waals surface area (Å²) in [5.41, 5.74) is 0. The number of hydrogen-bond donors (Lipinski definition) is 1. The standard InChI is InChI=1S/C14H30N2/c1-10(2)7-13-8-15-14(11(3)4)9-16(13)12(5)6/h10-15H,7-9H2,1-6H3. The molecule has 0 bridgehead atoms. The first-order valence-corrected chi connectivity index (χ1v) is 6.91. The van der Waals surface area contributed by atoms with Gasteiger partial charge in [0.05, 0.1) is 0 Å². The van der Waals surface area contributed by atoms with Crippen LogP contribution in [0.25, 0.3) is 0 Å². The first kappa shape index (κ1) is 14.0. The fraction of sp³-hybridized carbons (Fsp3) is 1.00. The number of hydrogen-bond acceptors (Lipinski definition) is 2. The van der Waals surface area contributed by atoms with Crippen molar-refractivity contribution in [1.82, 2.24) is 10.2 Å². The van der Waals surface area contributed by atoms with E-state index in [1.54, 1.807) is 0 Å². The molecule has 16 heavy (non-hydrogen) atoms. The molecule has 0 aromatic carbocycles. The van der Waals surface area contributed by atoms with E-state index in [-0.39, 0.29) is 0 Å². The monoisotopic (exact) mass is 226 g/mol. The zero-order valence-corrected chi connectivity index (χ0v) is 12.0. The minimum absolute atomic E-state index is 0.672. The van der Waals surface area contributed by atoms with Gasteiger partial charge in [-0.15, -0.1) is 0 Å². The van der Waals surface area contributed by atoms with Crippen LogP contribution in [0.5, 0.6) is 0 Å². The van der Waals surface area contributed by atoms with Gasteiger partial charge in [-0.25, -0.2) is 0 Å². The van der Waals surface area contributed by atoms with E-state index < -0.39 is 0 Å². The highest BCUT2D eigenvalue weighted by molar-refractivity contribution is 4.89. The third-order valence-corrected chi connectivity index (χ3v) is 3.70. The second-order valence-electron chi connectivity index (χ2n) is 6.33. The van der Waals surface area contributed by atoms with Crippen molar-refractivity contribution in [2.75, 3.05) is 13.1 Å². The van der Waals surface area contributed by atoms with E-state index in [1.807, 2.05) is 0 Å². The van der Waals surface area contributed by atoms with E-state index in [9.17, 15) is 0 Å². The molecule has 2 nitrogen and oxygen atoms in total. The molecular weight excluding hydrogens is 196 g/mol. The summed E-state index contributed by atoms with van der Waals surface area (Å²) < 4.78 is 0. The normalized spacial score (nSPS) is 28.3. The number of nitrogens with one attached hydrogen (secondary N) is 1. The zero-order chi connectivity index (χ0) is 12.3. The molecule has 1 aliphatic rings. The third-order valence-electron chi connectivity index (χ3n) is 3.70. The predicted molar refractivity (Wildman–Crippen MR) is 71.7 cm³/mol. The van der Waals surface area contributed by atoms with Gasteiger partial charge >= 0.3 is 0 Å². The predicted octanol–water partition coefficient (Wildman–Crippen LogP) is 2.74. The molecule has 2 unspecified atom stereocenters. The van der Waals surface area contributed by atoms with Crippen LogP contribution >= 0.6 is 0 Å². The zero-order valence-electron chi connectivity index (χ0n) is 12.0. The Morgan fingerprint density at radius 1 is 1.12 bits per heavy atom. The Hall–Kier alpha value is -0.0800. The van der Waals surface area contributed by atoms with Crippen molar-refractivity contribution in [3.05, 3.63) is 0 Å². The van der Waals surface area contributed by atoms with Gasteiger partial charge in [0.15, 0.2) is 0 Å². The quantitative estimate of drug-likeness (QED) is 0.793. The Labute approximate surface area is 102 Å². The van der Waals surface area contributed by atoms with Gasteiger partial charge in [0, 0.05) is 31.2 Å². The summed E-state index contributed by atoms with van der Waals surface area (Å²) in [7, 11) is 0. The lowest BCUT2D eigenvalue weighted by atomic mass is 9.94. The molecule has 1 heterocycles. The van der Waals surface area contributed by atoms with Gasteiger partial charge in [-0.2, -0.15) is 0 Å². The SMILES string of the molecule is CC(C)CC1CNC(C(C)C)CN1C(C)C. The van der Waals surface area contributed by atoms with Gasteiger partial charge in [-0.05, 0) is 32.1 Å². The van der Waals surface area contributed by atoms with Gasteiger partial charge in [-0.1, -0.05) is 27.7 Å². The molecule has 0 aliphatic carbocycles. The highest BCUT2D eigenvalue weighted by Gasteiger charge is 2.30. The lowest BCUT2D eigenvalue weighted by Crippen LogP contribution is -2.60. The minimum Gasteiger partial charge on any atom is -0.311 e. The van der Waals surface area contributed by atoms with Gasteiger partial charge < -0.3 is 5.32 Å². The average molecular weight is 226 g/mol. The summed E-state index contributed by atoms with van der Waals surface area (Å²) in [4.78, 5) is 2.70. The van der Waals surface area contributed by atoms with Crippen LogP contribution in [0.4, 0.5) is 0 Å². The molecule has 0 aromatic heterocycles. The largest absolute Gasteiger partial charge is 0.311 e. The summed E-state index contributed by atoms with van der Waals surface area (Å²) >= 11 is 0. The lowest BCUT2D eigenvalue weighted by Gasteiger charge is -2.44. The van der Waals surface area contributed by atoms with E-state index in [0.29, 0.717) is 12.1 Å². The van der Waals surface area contributed by atoms with Crippen LogP contribution in [0.2, 0.25) is 0 Å². The molecule has 1 rings (SSSR count). The second kappa shape index (κ2) is 6.02. The Balaban J connectivity index is 2.60. The first-order chi connectivity index (χ1) is 7.41. The summed E-state index contributed by atoms with van der Waals surface area (Å²) in [5.74, 6) is 1.53. The van der Waals surface area contributed by atoms with Crippen molar-refractivity contribution in [3.63, 3.8) is 0 Å².